The van der Waals surface area contributed by atoms with Crippen molar-refractivity contribution in [2.75, 3.05) is 0 Å². The van der Waals surface area contributed by atoms with Gasteiger partial charge in [0, 0.05) is 0 Å². The van der Waals surface area contributed by atoms with Crippen LogP contribution >= 0.6 is 0 Å². The Bertz CT molecular complexity index is 353. The number of benzene rings is 1. The van der Waals surface area contributed by atoms with Crippen LogP contribution in [0.15, 0.2) is 24.3 Å². The second-order valence-electron chi connectivity index (χ2n) is 5.67. The van der Waals surface area contributed by atoms with Gasteiger partial charge in [0.15, 0.2) is 0 Å². The summed E-state index contributed by atoms with van der Waals surface area (Å²) in [4.78, 5) is 0. The van der Waals surface area contributed by atoms with Crippen LogP contribution in [0.1, 0.15) is 49.7 Å². The highest BCUT2D eigenvalue weighted by atomic mass is 14.3. The molecule has 0 amide bonds. The van der Waals surface area contributed by atoms with Crippen LogP contribution in [-0.2, 0) is 12.8 Å². The zero-order valence-electron chi connectivity index (χ0n) is 10.1. The first kappa shape index (κ1) is 10.4. The van der Waals surface area contributed by atoms with Crippen LogP contribution in [0, 0.1) is 11.8 Å². The third kappa shape index (κ3) is 2.03. The van der Waals surface area contributed by atoms with Crippen LogP contribution in [0.25, 0.3) is 0 Å². The average molecular weight is 214 g/mol. The van der Waals surface area contributed by atoms with Gasteiger partial charge in [-0.15, -0.1) is 0 Å². The lowest BCUT2D eigenvalue weighted by atomic mass is 9.83. The maximum Gasteiger partial charge on any atom is -0.0245 e. The fourth-order valence-corrected chi connectivity index (χ4v) is 3.73. The Morgan fingerprint density at radius 1 is 0.750 bits per heavy atom. The lowest BCUT2D eigenvalue weighted by Gasteiger charge is -2.22. The first-order valence-corrected chi connectivity index (χ1v) is 7.00. The molecule has 0 bridgehead atoms. The largest absolute Gasteiger partial charge is 0.0620 e. The predicted molar refractivity (Wildman–Crippen MR) is 68.5 cm³/mol. The van der Waals surface area contributed by atoms with E-state index in [2.05, 4.69) is 24.3 Å². The lowest BCUT2D eigenvalue weighted by molar-refractivity contribution is 0.302. The molecule has 0 N–H and O–H groups in total. The van der Waals surface area contributed by atoms with Gasteiger partial charge in [-0.1, -0.05) is 49.9 Å². The van der Waals surface area contributed by atoms with E-state index in [1.807, 2.05) is 0 Å². The van der Waals surface area contributed by atoms with Gasteiger partial charge < -0.3 is 0 Å². The standard InChI is InChI=1S/C16H22/c1-2-6-13-10-11-14-7-4-5-9-16(14)12-15(13)8-3-1/h4-5,7,9,13,15H,1-3,6,8,10-12H2. The van der Waals surface area contributed by atoms with E-state index < -0.39 is 0 Å². The SMILES string of the molecule is c1ccc2c(c1)CCC1CCCCCC1C2. The molecule has 0 nitrogen and oxygen atoms in total. The molecule has 0 aromatic heterocycles. The molecule has 1 fully saturated rings. The number of hydrogen-bond acceptors (Lipinski definition) is 0. The van der Waals surface area contributed by atoms with Crippen molar-refractivity contribution in [3.8, 4) is 0 Å². The minimum absolute atomic E-state index is 0.992. The summed E-state index contributed by atoms with van der Waals surface area (Å²) in [5.41, 5.74) is 3.28. The predicted octanol–water partition coefficient (Wildman–Crippen LogP) is 4.37. The molecule has 2 aliphatic rings. The van der Waals surface area contributed by atoms with Crippen molar-refractivity contribution in [3.63, 3.8) is 0 Å². The molecule has 0 radical (unpaired) electrons. The first-order chi connectivity index (χ1) is 7.93. The van der Waals surface area contributed by atoms with Gasteiger partial charge in [0.1, 0.15) is 0 Å². The van der Waals surface area contributed by atoms with E-state index in [-0.39, 0.29) is 0 Å². The molecule has 1 aromatic carbocycles. The Labute approximate surface area is 99.1 Å². The van der Waals surface area contributed by atoms with Crippen LogP contribution in [0.3, 0.4) is 0 Å². The second-order valence-corrected chi connectivity index (χ2v) is 5.67. The zero-order valence-corrected chi connectivity index (χ0v) is 10.1. The molecule has 16 heavy (non-hydrogen) atoms. The van der Waals surface area contributed by atoms with E-state index in [0.717, 1.165) is 11.8 Å². The molecule has 2 unspecified atom stereocenters. The minimum Gasteiger partial charge on any atom is -0.0620 e. The molecule has 1 saturated carbocycles. The van der Waals surface area contributed by atoms with Crippen LogP contribution in [0.5, 0.6) is 0 Å². The Hall–Kier alpha value is -0.780. The maximum absolute atomic E-state index is 2.36. The molecule has 0 spiro atoms. The summed E-state index contributed by atoms with van der Waals surface area (Å²) in [6, 6.07) is 9.14. The van der Waals surface area contributed by atoms with Gasteiger partial charge in [0.05, 0.1) is 0 Å². The van der Waals surface area contributed by atoms with Gasteiger partial charge in [-0.25, -0.2) is 0 Å². The molecule has 2 atom stereocenters. The van der Waals surface area contributed by atoms with Crippen molar-refractivity contribution in [3.05, 3.63) is 35.4 Å². The molecular weight excluding hydrogens is 192 g/mol. The van der Waals surface area contributed by atoms with Gasteiger partial charge in [0.2, 0.25) is 0 Å². The van der Waals surface area contributed by atoms with Crippen molar-refractivity contribution in [2.45, 2.75) is 51.4 Å². The Morgan fingerprint density at radius 3 is 2.38 bits per heavy atom. The van der Waals surface area contributed by atoms with E-state index in [0.29, 0.717) is 0 Å². The average Bonchev–Trinajstić information content (AvgIpc) is 2.61. The maximum atomic E-state index is 2.36. The molecule has 0 saturated heterocycles. The van der Waals surface area contributed by atoms with Crippen LogP contribution < -0.4 is 0 Å². The van der Waals surface area contributed by atoms with E-state index >= 15 is 0 Å². The van der Waals surface area contributed by atoms with Gasteiger partial charge >= 0.3 is 0 Å². The fourth-order valence-electron chi connectivity index (χ4n) is 3.73. The first-order valence-electron chi connectivity index (χ1n) is 7.00. The summed E-state index contributed by atoms with van der Waals surface area (Å²) < 4.78 is 0. The Kier molecular flexibility index (Phi) is 2.99. The Balaban J connectivity index is 1.85. The molecule has 1 aromatic rings. The lowest BCUT2D eigenvalue weighted by Crippen LogP contribution is -2.14. The van der Waals surface area contributed by atoms with Crippen molar-refractivity contribution in [2.24, 2.45) is 11.8 Å². The van der Waals surface area contributed by atoms with E-state index in [1.165, 1.54) is 51.4 Å². The zero-order chi connectivity index (χ0) is 10.8. The minimum atomic E-state index is 0.992. The van der Waals surface area contributed by atoms with Crippen LogP contribution in [0.2, 0.25) is 0 Å². The molecule has 2 aliphatic carbocycles. The van der Waals surface area contributed by atoms with Gasteiger partial charge in [0.25, 0.3) is 0 Å². The van der Waals surface area contributed by atoms with E-state index in [4.69, 9.17) is 0 Å². The third-order valence-corrected chi connectivity index (χ3v) is 4.70. The van der Waals surface area contributed by atoms with Crippen molar-refractivity contribution >= 4 is 0 Å². The molecule has 0 heteroatoms. The smallest absolute Gasteiger partial charge is 0.0245 e. The summed E-state index contributed by atoms with van der Waals surface area (Å²) in [6.45, 7) is 0. The molecule has 3 rings (SSSR count). The molecule has 0 heterocycles. The van der Waals surface area contributed by atoms with Crippen molar-refractivity contribution in [1.82, 2.24) is 0 Å². The number of fused-ring (bicyclic) bond motifs is 2. The molecular formula is C16H22. The van der Waals surface area contributed by atoms with E-state index in [9.17, 15) is 0 Å². The Morgan fingerprint density at radius 2 is 1.50 bits per heavy atom. The number of aryl methyl sites for hydroxylation is 1. The highest BCUT2D eigenvalue weighted by Crippen LogP contribution is 2.37. The van der Waals surface area contributed by atoms with Crippen molar-refractivity contribution < 1.29 is 0 Å². The topological polar surface area (TPSA) is 0 Å². The molecule has 0 aliphatic heterocycles. The monoisotopic (exact) mass is 214 g/mol. The second kappa shape index (κ2) is 4.61. The quantitative estimate of drug-likeness (QED) is 0.601. The summed E-state index contributed by atoms with van der Waals surface area (Å²) in [7, 11) is 0. The van der Waals surface area contributed by atoms with E-state index in [1.54, 1.807) is 11.1 Å². The van der Waals surface area contributed by atoms with Crippen LogP contribution in [-0.4, -0.2) is 0 Å². The van der Waals surface area contributed by atoms with Gasteiger partial charge in [-0.2, -0.15) is 0 Å². The molecule has 86 valence electrons. The number of hydrogen-bond donors (Lipinski definition) is 0. The summed E-state index contributed by atoms with van der Waals surface area (Å²) in [5, 5.41) is 0. The van der Waals surface area contributed by atoms with Gasteiger partial charge in [-0.05, 0) is 48.6 Å². The summed E-state index contributed by atoms with van der Waals surface area (Å²) in [6.07, 6.45) is 11.6. The normalized spacial score (nSPS) is 29.8. The highest BCUT2D eigenvalue weighted by Gasteiger charge is 2.26. The summed E-state index contributed by atoms with van der Waals surface area (Å²) >= 11 is 0. The van der Waals surface area contributed by atoms with Crippen molar-refractivity contribution in [1.29, 1.82) is 0 Å². The van der Waals surface area contributed by atoms with Crippen LogP contribution in [0.4, 0.5) is 0 Å². The highest BCUT2D eigenvalue weighted by molar-refractivity contribution is 5.28. The summed E-state index contributed by atoms with van der Waals surface area (Å²) in [5.74, 6) is 2.01. The fraction of sp³-hybridized carbons (Fsp3) is 0.625. The van der Waals surface area contributed by atoms with Gasteiger partial charge in [-0.3, -0.25) is 0 Å². The number of rotatable bonds is 0. The third-order valence-electron chi connectivity index (χ3n) is 4.70.